The van der Waals surface area contributed by atoms with Gasteiger partial charge in [-0.2, -0.15) is 0 Å². The van der Waals surface area contributed by atoms with Crippen molar-refractivity contribution < 1.29 is 0 Å². The molecule has 4 heteroatoms. The number of hydrogen-bond donors (Lipinski definition) is 0. The number of anilines is 2. The van der Waals surface area contributed by atoms with E-state index in [-0.39, 0.29) is 10.9 Å². The van der Waals surface area contributed by atoms with Crippen molar-refractivity contribution in [1.29, 1.82) is 0 Å². The Bertz CT molecular complexity index is 517. The second-order valence-electron chi connectivity index (χ2n) is 6.97. The summed E-state index contributed by atoms with van der Waals surface area (Å²) in [7, 11) is 1.92. The molecule has 0 radical (unpaired) electrons. The summed E-state index contributed by atoms with van der Waals surface area (Å²) in [6.45, 7) is 13.1. The van der Waals surface area contributed by atoms with Crippen molar-refractivity contribution in [3.8, 4) is 0 Å². The van der Waals surface area contributed by atoms with E-state index in [9.17, 15) is 9.59 Å². The summed E-state index contributed by atoms with van der Waals surface area (Å²) in [5.74, 6) is 0. The third-order valence-corrected chi connectivity index (χ3v) is 3.99. The van der Waals surface area contributed by atoms with Crippen molar-refractivity contribution >= 4 is 11.4 Å². The van der Waals surface area contributed by atoms with Crippen molar-refractivity contribution in [3.63, 3.8) is 0 Å². The van der Waals surface area contributed by atoms with Gasteiger partial charge in [0.05, 0.1) is 0 Å². The number of rotatable bonds is 8. The lowest BCUT2D eigenvalue weighted by molar-refractivity contribution is 0.361. The van der Waals surface area contributed by atoms with E-state index in [1.807, 2.05) is 30.7 Å². The average Bonchev–Trinajstić information content (AvgIpc) is 2.42. The topological polar surface area (TPSA) is 40.6 Å². The zero-order chi connectivity index (χ0) is 16.2. The van der Waals surface area contributed by atoms with E-state index in [2.05, 4.69) is 20.8 Å². The Morgan fingerprint density at radius 1 is 0.905 bits per heavy atom. The van der Waals surface area contributed by atoms with Gasteiger partial charge in [-0.3, -0.25) is 9.59 Å². The van der Waals surface area contributed by atoms with Gasteiger partial charge >= 0.3 is 0 Å². The Kier molecular flexibility index (Phi) is 5.99. The maximum Gasteiger partial charge on any atom is 0.253 e. The van der Waals surface area contributed by atoms with Crippen molar-refractivity contribution in [1.82, 2.24) is 0 Å². The SMILES string of the molecule is CCN(CC)c1c(N(C)CCCCC(C)(C)C)c(=O)c1=O. The lowest BCUT2D eigenvalue weighted by Gasteiger charge is -2.29. The fourth-order valence-electron chi connectivity index (χ4n) is 2.67. The van der Waals surface area contributed by atoms with Crippen LogP contribution in [0.15, 0.2) is 9.59 Å². The third-order valence-electron chi connectivity index (χ3n) is 3.99. The second kappa shape index (κ2) is 7.10. The first-order valence-electron chi connectivity index (χ1n) is 8.02. The van der Waals surface area contributed by atoms with Crippen LogP contribution in [0, 0.1) is 5.41 Å². The molecule has 0 fully saturated rings. The molecule has 0 saturated carbocycles. The van der Waals surface area contributed by atoms with Gasteiger partial charge in [-0.15, -0.1) is 0 Å². The summed E-state index contributed by atoms with van der Waals surface area (Å²) in [4.78, 5) is 27.6. The van der Waals surface area contributed by atoms with Gasteiger partial charge in [-0.05, 0) is 32.1 Å². The quantitative estimate of drug-likeness (QED) is 0.546. The van der Waals surface area contributed by atoms with Crippen LogP contribution in [0.5, 0.6) is 0 Å². The van der Waals surface area contributed by atoms with Crippen LogP contribution >= 0.6 is 0 Å². The summed E-state index contributed by atoms with van der Waals surface area (Å²) in [5, 5.41) is 0. The van der Waals surface area contributed by atoms with Gasteiger partial charge in [-0.1, -0.05) is 27.2 Å². The van der Waals surface area contributed by atoms with Gasteiger partial charge in [0.15, 0.2) is 0 Å². The summed E-state index contributed by atoms with van der Waals surface area (Å²) in [5.41, 5.74) is 0.931. The highest BCUT2D eigenvalue weighted by Gasteiger charge is 2.27. The molecule has 0 aromatic heterocycles. The minimum absolute atomic E-state index is 0.324. The summed E-state index contributed by atoms with van der Waals surface area (Å²) >= 11 is 0. The molecule has 0 N–H and O–H groups in total. The molecular formula is C17H30N2O2. The Hall–Kier alpha value is -1.32. The smallest absolute Gasteiger partial charge is 0.253 e. The van der Waals surface area contributed by atoms with Gasteiger partial charge in [0.1, 0.15) is 11.4 Å². The van der Waals surface area contributed by atoms with Gasteiger partial charge in [0, 0.05) is 26.7 Å². The largest absolute Gasteiger partial charge is 0.370 e. The third kappa shape index (κ3) is 4.32. The molecule has 0 heterocycles. The standard InChI is InChI=1S/C17H30N2O2/c1-7-19(8-2)14-13(15(20)16(14)21)18(6)12-10-9-11-17(3,4)5/h7-12H2,1-6H3. The van der Waals surface area contributed by atoms with Crippen LogP contribution in [0.4, 0.5) is 11.4 Å². The van der Waals surface area contributed by atoms with E-state index in [1.54, 1.807) is 0 Å². The molecule has 1 aromatic rings. The summed E-state index contributed by atoms with van der Waals surface area (Å²) < 4.78 is 0. The van der Waals surface area contributed by atoms with E-state index in [1.165, 1.54) is 6.42 Å². The van der Waals surface area contributed by atoms with Crippen LogP contribution in [0.2, 0.25) is 0 Å². The minimum atomic E-state index is -0.324. The second-order valence-corrected chi connectivity index (χ2v) is 6.97. The Morgan fingerprint density at radius 3 is 1.90 bits per heavy atom. The average molecular weight is 294 g/mol. The van der Waals surface area contributed by atoms with Gasteiger partial charge in [0.25, 0.3) is 10.9 Å². The zero-order valence-electron chi connectivity index (χ0n) is 14.5. The fraction of sp³-hybridized carbons (Fsp3) is 0.765. The molecule has 4 nitrogen and oxygen atoms in total. The van der Waals surface area contributed by atoms with E-state index in [0.29, 0.717) is 16.8 Å². The molecule has 0 atom stereocenters. The maximum atomic E-state index is 11.9. The number of unbranched alkanes of at least 4 members (excludes halogenated alkanes) is 1. The number of hydrogen-bond acceptors (Lipinski definition) is 4. The minimum Gasteiger partial charge on any atom is -0.370 e. The van der Waals surface area contributed by atoms with Crippen molar-refractivity contribution in [2.24, 2.45) is 5.41 Å². The molecule has 0 bridgehead atoms. The van der Waals surface area contributed by atoms with Crippen molar-refractivity contribution in [2.45, 2.75) is 53.9 Å². The molecule has 0 saturated heterocycles. The Labute approximate surface area is 128 Å². The first-order valence-corrected chi connectivity index (χ1v) is 8.02. The Morgan fingerprint density at radius 2 is 1.43 bits per heavy atom. The van der Waals surface area contributed by atoms with E-state index in [0.717, 1.165) is 32.5 Å². The molecule has 0 aliphatic carbocycles. The highest BCUT2D eigenvalue weighted by molar-refractivity contribution is 5.76. The predicted octanol–water partition coefficient (Wildman–Crippen LogP) is 2.78. The van der Waals surface area contributed by atoms with Crippen LogP contribution in [-0.4, -0.2) is 26.7 Å². The van der Waals surface area contributed by atoms with Gasteiger partial charge < -0.3 is 9.80 Å². The van der Waals surface area contributed by atoms with Crippen molar-refractivity contribution in [2.75, 3.05) is 36.5 Å². The fourth-order valence-corrected chi connectivity index (χ4v) is 2.67. The van der Waals surface area contributed by atoms with Gasteiger partial charge in [-0.25, -0.2) is 0 Å². The van der Waals surface area contributed by atoms with Crippen LogP contribution < -0.4 is 20.7 Å². The summed E-state index contributed by atoms with van der Waals surface area (Å²) in [6, 6.07) is 0. The molecule has 0 unspecified atom stereocenters. The molecule has 21 heavy (non-hydrogen) atoms. The molecule has 0 amide bonds. The molecule has 120 valence electrons. The lowest BCUT2D eigenvalue weighted by Crippen LogP contribution is -2.45. The highest BCUT2D eigenvalue weighted by Crippen LogP contribution is 2.25. The Balaban J connectivity index is 2.67. The van der Waals surface area contributed by atoms with Gasteiger partial charge in [0.2, 0.25) is 0 Å². The highest BCUT2D eigenvalue weighted by atomic mass is 16.2. The monoisotopic (exact) mass is 294 g/mol. The van der Waals surface area contributed by atoms with E-state index < -0.39 is 0 Å². The molecule has 0 spiro atoms. The van der Waals surface area contributed by atoms with Crippen LogP contribution in [-0.2, 0) is 0 Å². The molecule has 0 aliphatic heterocycles. The predicted molar refractivity (Wildman–Crippen MR) is 91.5 cm³/mol. The maximum absolute atomic E-state index is 11.9. The van der Waals surface area contributed by atoms with Crippen LogP contribution in [0.1, 0.15) is 53.9 Å². The summed E-state index contributed by atoms with van der Waals surface area (Å²) in [6.07, 6.45) is 3.36. The van der Waals surface area contributed by atoms with E-state index >= 15 is 0 Å². The zero-order valence-corrected chi connectivity index (χ0v) is 14.5. The van der Waals surface area contributed by atoms with E-state index in [4.69, 9.17) is 0 Å². The lowest BCUT2D eigenvalue weighted by atomic mass is 9.90. The molecule has 0 aliphatic rings. The normalized spacial score (nSPS) is 11.9. The number of nitrogens with zero attached hydrogens (tertiary/aromatic N) is 2. The molecular weight excluding hydrogens is 264 g/mol. The van der Waals surface area contributed by atoms with Crippen LogP contribution in [0.25, 0.3) is 0 Å². The first-order chi connectivity index (χ1) is 9.72. The molecule has 1 aromatic carbocycles. The first kappa shape index (κ1) is 17.7. The van der Waals surface area contributed by atoms with Crippen LogP contribution in [0.3, 0.4) is 0 Å². The van der Waals surface area contributed by atoms with Crippen molar-refractivity contribution in [3.05, 3.63) is 20.4 Å². The molecule has 1 rings (SSSR count).